The number of H-pyrrole nitrogens is 1. The number of rotatable bonds is 3. The van der Waals surface area contributed by atoms with Gasteiger partial charge in [-0.15, -0.1) is 0 Å². The van der Waals surface area contributed by atoms with E-state index < -0.39 is 15.6 Å². The summed E-state index contributed by atoms with van der Waals surface area (Å²) in [5.41, 5.74) is -0.847. The maximum atomic E-state index is 12.2. The molecule has 1 saturated heterocycles. The molecule has 1 atom stereocenters. The third kappa shape index (κ3) is 2.36. The van der Waals surface area contributed by atoms with Crippen molar-refractivity contribution in [2.45, 2.75) is 30.8 Å². The van der Waals surface area contributed by atoms with Crippen LogP contribution in [-0.2, 0) is 10.0 Å². The summed E-state index contributed by atoms with van der Waals surface area (Å²) in [6, 6.07) is 0. The number of sulfonamides is 1. The summed E-state index contributed by atoms with van der Waals surface area (Å²) in [7, 11) is -3.46. The Balaban J connectivity index is 2.17. The second kappa shape index (κ2) is 4.08. The van der Waals surface area contributed by atoms with Crippen LogP contribution in [-0.4, -0.2) is 46.7 Å². The van der Waals surface area contributed by atoms with Crippen molar-refractivity contribution in [3.63, 3.8) is 0 Å². The number of aliphatic hydroxyl groups is 1. The number of nitrogens with zero attached hydrogens (tertiary/aromatic N) is 2. The van der Waals surface area contributed by atoms with E-state index in [4.69, 9.17) is 0 Å². The van der Waals surface area contributed by atoms with Crippen molar-refractivity contribution in [3.05, 3.63) is 12.4 Å². The van der Waals surface area contributed by atoms with E-state index in [2.05, 4.69) is 10.2 Å². The molecule has 6 nitrogen and oxygen atoms in total. The van der Waals surface area contributed by atoms with Crippen molar-refractivity contribution >= 4 is 10.0 Å². The van der Waals surface area contributed by atoms with Gasteiger partial charge in [-0.05, 0) is 20.3 Å². The molecule has 0 amide bonds. The van der Waals surface area contributed by atoms with Gasteiger partial charge < -0.3 is 5.11 Å². The molecule has 2 rings (SSSR count). The van der Waals surface area contributed by atoms with Gasteiger partial charge in [-0.25, -0.2) is 8.42 Å². The molecule has 2 N–H and O–H groups in total. The Bertz CT molecular complexity index is 475. The Morgan fingerprint density at radius 2 is 2.29 bits per heavy atom. The van der Waals surface area contributed by atoms with Gasteiger partial charge in [0.15, 0.2) is 0 Å². The minimum absolute atomic E-state index is 0.0239. The minimum Gasteiger partial charge on any atom is -0.390 e. The van der Waals surface area contributed by atoms with E-state index in [-0.39, 0.29) is 10.8 Å². The van der Waals surface area contributed by atoms with Crippen molar-refractivity contribution in [2.24, 2.45) is 5.92 Å². The third-order valence-electron chi connectivity index (χ3n) is 3.26. The summed E-state index contributed by atoms with van der Waals surface area (Å²) >= 11 is 0. The van der Waals surface area contributed by atoms with E-state index in [0.29, 0.717) is 19.5 Å². The highest BCUT2D eigenvalue weighted by Gasteiger charge is 2.39. The van der Waals surface area contributed by atoms with E-state index in [1.165, 1.54) is 16.7 Å². The number of aromatic nitrogens is 2. The summed E-state index contributed by atoms with van der Waals surface area (Å²) in [5, 5.41) is 16.0. The summed E-state index contributed by atoms with van der Waals surface area (Å²) < 4.78 is 25.7. The van der Waals surface area contributed by atoms with Crippen molar-refractivity contribution in [3.8, 4) is 0 Å². The highest BCUT2D eigenvalue weighted by molar-refractivity contribution is 7.89. The van der Waals surface area contributed by atoms with Crippen molar-refractivity contribution in [2.75, 3.05) is 13.1 Å². The quantitative estimate of drug-likeness (QED) is 0.811. The van der Waals surface area contributed by atoms with Crippen LogP contribution >= 0.6 is 0 Å². The molecule has 0 saturated carbocycles. The maximum absolute atomic E-state index is 12.2. The first kappa shape index (κ1) is 12.5. The molecule has 0 radical (unpaired) electrons. The molecule has 1 aliphatic heterocycles. The van der Waals surface area contributed by atoms with Crippen LogP contribution in [0.25, 0.3) is 0 Å². The van der Waals surface area contributed by atoms with Gasteiger partial charge >= 0.3 is 0 Å². The zero-order valence-electron chi connectivity index (χ0n) is 9.92. The summed E-state index contributed by atoms with van der Waals surface area (Å²) in [6.45, 7) is 4.23. The first-order valence-electron chi connectivity index (χ1n) is 5.53. The Kier molecular flexibility index (Phi) is 3.01. The number of aromatic amines is 1. The van der Waals surface area contributed by atoms with Gasteiger partial charge in [0, 0.05) is 25.2 Å². The van der Waals surface area contributed by atoms with E-state index in [0.717, 1.165) is 0 Å². The first-order chi connectivity index (χ1) is 7.82. The molecule has 2 heterocycles. The van der Waals surface area contributed by atoms with Crippen LogP contribution < -0.4 is 0 Å². The molecule has 1 aromatic rings. The molecular formula is C10H17N3O3S. The lowest BCUT2D eigenvalue weighted by Gasteiger charge is -2.25. The lowest BCUT2D eigenvalue weighted by Crippen LogP contribution is -2.35. The molecule has 7 heteroatoms. The fourth-order valence-electron chi connectivity index (χ4n) is 2.05. The van der Waals surface area contributed by atoms with E-state index in [9.17, 15) is 13.5 Å². The van der Waals surface area contributed by atoms with Crippen LogP contribution in [0, 0.1) is 5.92 Å². The fourth-order valence-corrected chi connectivity index (χ4v) is 3.46. The van der Waals surface area contributed by atoms with Gasteiger partial charge in [0.1, 0.15) is 4.90 Å². The number of hydrogen-bond donors (Lipinski definition) is 2. The van der Waals surface area contributed by atoms with Gasteiger partial charge in [-0.2, -0.15) is 9.40 Å². The molecule has 1 fully saturated rings. The average Bonchev–Trinajstić information content (AvgIpc) is 2.89. The SMILES string of the molecule is CC(C)(O)C1CCN(S(=O)(=O)c2cn[nH]c2)C1. The van der Waals surface area contributed by atoms with Gasteiger partial charge in [0.25, 0.3) is 0 Å². The normalized spacial score (nSPS) is 23.1. The summed E-state index contributed by atoms with van der Waals surface area (Å²) in [6.07, 6.45) is 3.35. The van der Waals surface area contributed by atoms with Gasteiger partial charge in [0.2, 0.25) is 10.0 Å². The van der Waals surface area contributed by atoms with Gasteiger partial charge in [0.05, 0.1) is 11.8 Å². The highest BCUT2D eigenvalue weighted by atomic mass is 32.2. The van der Waals surface area contributed by atoms with Crippen LogP contribution in [0.4, 0.5) is 0 Å². The predicted octanol–water partition coefficient (Wildman–Crippen LogP) is 0.191. The molecule has 17 heavy (non-hydrogen) atoms. The van der Waals surface area contributed by atoms with Crippen LogP contribution in [0.15, 0.2) is 17.3 Å². The second-order valence-corrected chi connectivity index (χ2v) is 6.87. The molecule has 0 aromatic carbocycles. The maximum Gasteiger partial charge on any atom is 0.246 e. The monoisotopic (exact) mass is 259 g/mol. The predicted molar refractivity (Wildman–Crippen MR) is 61.8 cm³/mol. The minimum atomic E-state index is -3.46. The number of hydrogen-bond acceptors (Lipinski definition) is 4. The van der Waals surface area contributed by atoms with Crippen molar-refractivity contribution < 1.29 is 13.5 Å². The van der Waals surface area contributed by atoms with Crippen LogP contribution in [0.3, 0.4) is 0 Å². The van der Waals surface area contributed by atoms with Gasteiger partial charge in [-0.1, -0.05) is 0 Å². The average molecular weight is 259 g/mol. The number of nitrogens with one attached hydrogen (secondary N) is 1. The summed E-state index contributed by atoms with van der Waals surface area (Å²) in [5.74, 6) is -0.0239. The smallest absolute Gasteiger partial charge is 0.246 e. The molecule has 0 spiro atoms. The Morgan fingerprint density at radius 3 is 2.76 bits per heavy atom. The molecule has 1 aromatic heterocycles. The molecular weight excluding hydrogens is 242 g/mol. The first-order valence-corrected chi connectivity index (χ1v) is 6.97. The molecule has 1 unspecified atom stereocenters. The zero-order chi connectivity index (χ0) is 12.7. The molecule has 0 bridgehead atoms. The van der Waals surface area contributed by atoms with Gasteiger partial charge in [-0.3, -0.25) is 5.10 Å². The van der Waals surface area contributed by atoms with E-state index in [1.54, 1.807) is 13.8 Å². The van der Waals surface area contributed by atoms with Crippen LogP contribution in [0.5, 0.6) is 0 Å². The largest absolute Gasteiger partial charge is 0.390 e. The lowest BCUT2D eigenvalue weighted by atomic mass is 9.91. The summed E-state index contributed by atoms with van der Waals surface area (Å²) in [4.78, 5) is 0.175. The Hall–Kier alpha value is -0.920. The molecule has 96 valence electrons. The molecule has 0 aliphatic carbocycles. The van der Waals surface area contributed by atoms with E-state index >= 15 is 0 Å². The van der Waals surface area contributed by atoms with Crippen molar-refractivity contribution in [1.82, 2.24) is 14.5 Å². The lowest BCUT2D eigenvalue weighted by molar-refractivity contribution is 0.0236. The van der Waals surface area contributed by atoms with Crippen molar-refractivity contribution in [1.29, 1.82) is 0 Å². The second-order valence-electron chi connectivity index (χ2n) is 4.94. The fraction of sp³-hybridized carbons (Fsp3) is 0.700. The standard InChI is InChI=1S/C10H17N3O3S/c1-10(2,14)8-3-4-13(7-8)17(15,16)9-5-11-12-6-9/h5-6,8,14H,3-4,7H2,1-2H3,(H,11,12). The zero-order valence-corrected chi connectivity index (χ0v) is 10.7. The Morgan fingerprint density at radius 1 is 1.59 bits per heavy atom. The van der Waals surface area contributed by atoms with Crippen LogP contribution in [0.1, 0.15) is 20.3 Å². The highest BCUT2D eigenvalue weighted by Crippen LogP contribution is 2.30. The third-order valence-corrected chi connectivity index (χ3v) is 5.09. The topological polar surface area (TPSA) is 86.3 Å². The van der Waals surface area contributed by atoms with Crippen LogP contribution in [0.2, 0.25) is 0 Å². The van der Waals surface area contributed by atoms with E-state index in [1.807, 2.05) is 0 Å². The Labute approximate surface area is 101 Å². The molecule has 1 aliphatic rings.